The molecule has 1 heterocycles. The number of amides is 2. The fraction of sp³-hybridized carbons (Fsp3) is 0.391. The summed E-state index contributed by atoms with van der Waals surface area (Å²) >= 11 is 0. The quantitative estimate of drug-likeness (QED) is 0.780. The molecule has 6 heteroatoms. The Hall–Kier alpha value is -2.86. The van der Waals surface area contributed by atoms with Crippen molar-refractivity contribution in [2.24, 2.45) is 5.73 Å². The van der Waals surface area contributed by atoms with E-state index in [4.69, 9.17) is 10.8 Å². The van der Waals surface area contributed by atoms with E-state index in [2.05, 4.69) is 12.1 Å². The van der Waals surface area contributed by atoms with Gasteiger partial charge in [-0.3, -0.25) is 14.6 Å². The highest BCUT2D eigenvalue weighted by Gasteiger charge is 2.33. The average molecular weight is 393 g/mol. The topological polar surface area (TPSA) is 86.9 Å². The number of rotatable bonds is 6. The molecule has 4 rings (SSSR count). The van der Waals surface area contributed by atoms with E-state index in [0.29, 0.717) is 19.5 Å². The van der Waals surface area contributed by atoms with Crippen molar-refractivity contribution in [2.45, 2.75) is 44.1 Å². The molecule has 1 saturated carbocycles. The molecule has 2 aromatic carbocycles. The monoisotopic (exact) mass is 393 g/mol. The van der Waals surface area contributed by atoms with Gasteiger partial charge in [0.25, 0.3) is 0 Å². The zero-order chi connectivity index (χ0) is 20.4. The van der Waals surface area contributed by atoms with Crippen LogP contribution in [0.1, 0.15) is 43.2 Å². The fourth-order valence-corrected chi connectivity index (χ4v) is 4.38. The van der Waals surface area contributed by atoms with Crippen molar-refractivity contribution in [2.75, 3.05) is 22.9 Å². The van der Waals surface area contributed by atoms with Crippen molar-refractivity contribution in [1.29, 1.82) is 0 Å². The standard InChI is InChI=1S/C23H27N3O3/c24-23(13-1-2-14-23)18-6-10-20(11-7-18)26-16-15-25(22(26)29)19-8-3-17(4-9-19)5-12-21(27)28/h3-4,6-11H,1-2,5,12-16,24H2,(H,27,28). The van der Waals surface area contributed by atoms with Gasteiger partial charge in [0.1, 0.15) is 0 Å². The average Bonchev–Trinajstić information content (AvgIpc) is 3.34. The van der Waals surface area contributed by atoms with E-state index in [0.717, 1.165) is 35.3 Å². The minimum absolute atomic E-state index is 0.0423. The van der Waals surface area contributed by atoms with E-state index in [-0.39, 0.29) is 18.0 Å². The van der Waals surface area contributed by atoms with Crippen molar-refractivity contribution < 1.29 is 14.7 Å². The van der Waals surface area contributed by atoms with Gasteiger partial charge in [-0.2, -0.15) is 0 Å². The van der Waals surface area contributed by atoms with Crippen molar-refractivity contribution >= 4 is 23.4 Å². The Balaban J connectivity index is 1.44. The van der Waals surface area contributed by atoms with Crippen LogP contribution in [0.5, 0.6) is 0 Å². The third-order valence-corrected chi connectivity index (χ3v) is 6.13. The number of nitrogens with zero attached hydrogens (tertiary/aromatic N) is 2. The van der Waals surface area contributed by atoms with Crippen molar-refractivity contribution in [1.82, 2.24) is 0 Å². The molecule has 29 heavy (non-hydrogen) atoms. The first kappa shape index (κ1) is 19.5. The number of nitrogens with two attached hydrogens (primary N) is 1. The summed E-state index contributed by atoms with van der Waals surface area (Å²) in [6, 6.07) is 15.6. The van der Waals surface area contributed by atoms with E-state index in [9.17, 15) is 9.59 Å². The number of aryl methyl sites for hydroxylation is 1. The minimum Gasteiger partial charge on any atom is -0.481 e. The minimum atomic E-state index is -0.807. The molecule has 1 saturated heterocycles. The van der Waals surface area contributed by atoms with Crippen LogP contribution in [0.3, 0.4) is 0 Å². The highest BCUT2D eigenvalue weighted by molar-refractivity contribution is 6.06. The Kier molecular flexibility index (Phi) is 5.28. The number of carbonyl (C=O) groups excluding carboxylic acids is 1. The molecule has 2 aromatic rings. The van der Waals surface area contributed by atoms with Gasteiger partial charge in [0.05, 0.1) is 0 Å². The largest absolute Gasteiger partial charge is 0.481 e. The van der Waals surface area contributed by atoms with E-state index in [1.165, 1.54) is 12.8 Å². The van der Waals surface area contributed by atoms with Crippen LogP contribution in [-0.2, 0) is 16.8 Å². The number of hydrogen-bond acceptors (Lipinski definition) is 3. The predicted octanol–water partition coefficient (Wildman–Crippen LogP) is 3.88. The van der Waals surface area contributed by atoms with Gasteiger partial charge in [0, 0.05) is 36.4 Å². The number of urea groups is 1. The van der Waals surface area contributed by atoms with Gasteiger partial charge in [0.2, 0.25) is 0 Å². The second-order valence-electron chi connectivity index (χ2n) is 8.06. The van der Waals surface area contributed by atoms with Crippen LogP contribution in [0.15, 0.2) is 48.5 Å². The molecule has 0 unspecified atom stereocenters. The molecule has 6 nitrogen and oxygen atoms in total. The van der Waals surface area contributed by atoms with Crippen molar-refractivity contribution in [3.05, 3.63) is 59.7 Å². The van der Waals surface area contributed by atoms with Gasteiger partial charge >= 0.3 is 12.0 Å². The normalized spacial score (nSPS) is 18.4. The van der Waals surface area contributed by atoms with Gasteiger partial charge in [-0.05, 0) is 54.7 Å². The Morgan fingerprint density at radius 3 is 1.97 bits per heavy atom. The molecule has 0 spiro atoms. The number of anilines is 2. The van der Waals surface area contributed by atoms with Crippen LogP contribution >= 0.6 is 0 Å². The number of carboxylic acids is 1. The van der Waals surface area contributed by atoms with E-state index >= 15 is 0 Å². The predicted molar refractivity (Wildman–Crippen MR) is 113 cm³/mol. The maximum absolute atomic E-state index is 13.0. The highest BCUT2D eigenvalue weighted by atomic mass is 16.4. The lowest BCUT2D eigenvalue weighted by molar-refractivity contribution is -0.136. The molecular weight excluding hydrogens is 366 g/mol. The lowest BCUT2D eigenvalue weighted by Crippen LogP contribution is -2.33. The summed E-state index contributed by atoms with van der Waals surface area (Å²) in [5.41, 5.74) is 10.1. The summed E-state index contributed by atoms with van der Waals surface area (Å²) in [6.45, 7) is 1.25. The molecule has 0 aromatic heterocycles. The fourth-order valence-electron chi connectivity index (χ4n) is 4.38. The van der Waals surface area contributed by atoms with Crippen LogP contribution in [0, 0.1) is 0 Å². The molecule has 1 aliphatic heterocycles. The molecule has 1 aliphatic carbocycles. The zero-order valence-electron chi connectivity index (χ0n) is 16.5. The molecule has 2 amide bonds. The number of carbonyl (C=O) groups is 2. The second-order valence-corrected chi connectivity index (χ2v) is 8.06. The van der Waals surface area contributed by atoms with Gasteiger partial charge in [-0.15, -0.1) is 0 Å². The summed E-state index contributed by atoms with van der Waals surface area (Å²) in [5, 5.41) is 8.80. The third kappa shape index (κ3) is 3.98. The van der Waals surface area contributed by atoms with E-state index < -0.39 is 5.97 Å². The number of hydrogen-bond donors (Lipinski definition) is 2. The number of benzene rings is 2. The number of aliphatic carboxylic acids is 1. The van der Waals surface area contributed by atoms with Gasteiger partial charge < -0.3 is 10.8 Å². The van der Waals surface area contributed by atoms with Crippen LogP contribution in [0.25, 0.3) is 0 Å². The van der Waals surface area contributed by atoms with Crippen LogP contribution in [0.2, 0.25) is 0 Å². The third-order valence-electron chi connectivity index (χ3n) is 6.13. The number of carboxylic acid groups (broad SMARTS) is 1. The van der Waals surface area contributed by atoms with Gasteiger partial charge in [-0.25, -0.2) is 4.79 Å². The first-order valence-corrected chi connectivity index (χ1v) is 10.3. The molecule has 0 atom stereocenters. The van der Waals surface area contributed by atoms with Gasteiger partial charge in [0.15, 0.2) is 0 Å². The maximum Gasteiger partial charge on any atom is 0.329 e. The Morgan fingerprint density at radius 2 is 1.45 bits per heavy atom. The molecule has 0 bridgehead atoms. The van der Waals surface area contributed by atoms with E-state index in [1.54, 1.807) is 9.80 Å². The molecular formula is C23H27N3O3. The Bertz CT molecular complexity index is 887. The zero-order valence-corrected chi connectivity index (χ0v) is 16.5. The van der Waals surface area contributed by atoms with Gasteiger partial charge in [-0.1, -0.05) is 37.1 Å². The lowest BCUT2D eigenvalue weighted by atomic mass is 9.89. The lowest BCUT2D eigenvalue weighted by Gasteiger charge is -2.25. The summed E-state index contributed by atoms with van der Waals surface area (Å²) in [7, 11) is 0. The molecule has 0 radical (unpaired) electrons. The van der Waals surface area contributed by atoms with Crippen molar-refractivity contribution in [3.63, 3.8) is 0 Å². The van der Waals surface area contributed by atoms with Crippen molar-refractivity contribution in [3.8, 4) is 0 Å². The molecule has 3 N–H and O–H groups in total. The summed E-state index contributed by atoms with van der Waals surface area (Å²) in [5.74, 6) is -0.807. The SMILES string of the molecule is NC1(c2ccc(N3CCN(c4ccc(CCC(=O)O)cc4)C3=O)cc2)CCCC1. The highest BCUT2D eigenvalue weighted by Crippen LogP contribution is 2.37. The van der Waals surface area contributed by atoms with E-state index in [1.807, 2.05) is 36.4 Å². The van der Waals surface area contributed by atoms with Crippen LogP contribution < -0.4 is 15.5 Å². The van der Waals surface area contributed by atoms with Crippen LogP contribution in [0.4, 0.5) is 16.2 Å². The second kappa shape index (κ2) is 7.87. The summed E-state index contributed by atoms with van der Waals surface area (Å²) in [4.78, 5) is 27.2. The molecule has 2 fully saturated rings. The molecule has 2 aliphatic rings. The van der Waals surface area contributed by atoms with Crippen LogP contribution in [-0.4, -0.2) is 30.2 Å². The Labute approximate surface area is 170 Å². The smallest absolute Gasteiger partial charge is 0.329 e. The Morgan fingerprint density at radius 1 is 0.931 bits per heavy atom. The first-order chi connectivity index (χ1) is 14.0. The maximum atomic E-state index is 13.0. The first-order valence-electron chi connectivity index (χ1n) is 10.3. The summed E-state index contributed by atoms with van der Waals surface area (Å²) in [6.07, 6.45) is 4.98. The summed E-state index contributed by atoms with van der Waals surface area (Å²) < 4.78 is 0. The molecule has 152 valence electrons.